The Balaban J connectivity index is 1.10. The Bertz CT molecular complexity index is 1640. The van der Waals surface area contributed by atoms with E-state index in [9.17, 15) is 22.8 Å². The number of hydrogen-bond donors (Lipinski definition) is 2. The molecule has 2 aliphatic heterocycles. The zero-order valence-electron chi connectivity index (χ0n) is 26.0. The van der Waals surface area contributed by atoms with Crippen molar-refractivity contribution in [3.63, 3.8) is 0 Å². The molecule has 1 unspecified atom stereocenters. The number of likely N-dealkylation sites (tertiary alicyclic amines) is 1. The van der Waals surface area contributed by atoms with Crippen LogP contribution in [0.5, 0.6) is 0 Å². The van der Waals surface area contributed by atoms with E-state index in [1.807, 2.05) is 48.5 Å². The number of benzene rings is 3. The Morgan fingerprint density at radius 3 is 2.09 bits per heavy atom. The predicted octanol–water partition coefficient (Wildman–Crippen LogP) is 2.69. The van der Waals surface area contributed by atoms with Crippen molar-refractivity contribution in [1.29, 1.82) is 0 Å². The lowest BCUT2D eigenvalue weighted by Crippen LogP contribution is -2.56. The van der Waals surface area contributed by atoms with Gasteiger partial charge in [-0.3, -0.25) is 14.4 Å². The molecule has 3 aliphatic rings. The van der Waals surface area contributed by atoms with Crippen LogP contribution in [0.15, 0.2) is 84.9 Å². The molecule has 6 rings (SSSR count). The van der Waals surface area contributed by atoms with Gasteiger partial charge >= 0.3 is 0 Å². The molecule has 0 radical (unpaired) electrons. The summed E-state index contributed by atoms with van der Waals surface area (Å²) in [6, 6.07) is 26.9. The van der Waals surface area contributed by atoms with Gasteiger partial charge in [-0.15, -0.1) is 0 Å². The van der Waals surface area contributed by atoms with Crippen LogP contribution in [0.3, 0.4) is 0 Å². The molecule has 2 heterocycles. The Kier molecular flexibility index (Phi) is 9.53. The summed E-state index contributed by atoms with van der Waals surface area (Å²) >= 11 is 0. The van der Waals surface area contributed by atoms with Gasteiger partial charge in [-0.05, 0) is 41.7 Å². The van der Waals surface area contributed by atoms with Gasteiger partial charge in [0.15, 0.2) is 0 Å². The van der Waals surface area contributed by atoms with Crippen LogP contribution >= 0.6 is 0 Å². The molecular weight excluding hydrogens is 602 g/mol. The molecule has 1 saturated carbocycles. The second kappa shape index (κ2) is 13.7. The first-order valence-electron chi connectivity index (χ1n) is 15.9. The lowest BCUT2D eigenvalue weighted by molar-refractivity contribution is -0.139. The van der Waals surface area contributed by atoms with Crippen molar-refractivity contribution in [2.75, 3.05) is 45.5 Å². The molecular formula is C35H41N5O5S. The summed E-state index contributed by atoms with van der Waals surface area (Å²) < 4.78 is 25.3. The molecule has 0 spiro atoms. The molecule has 46 heavy (non-hydrogen) atoms. The average molecular weight is 644 g/mol. The SMILES string of the molecule is CS(=O)(=O)N1CCN(C(=O)[C@H](CC(=O)N2CCC(N[C@@H]3C[C@H]3c3ccccc3)C2)NC(=O)c2ccc(-c3ccccc3)cc2)CC1. The van der Waals surface area contributed by atoms with Crippen LogP contribution in [0, 0.1) is 0 Å². The molecule has 242 valence electrons. The fraction of sp³-hybridized carbons (Fsp3) is 0.400. The van der Waals surface area contributed by atoms with Crippen LogP contribution < -0.4 is 10.6 Å². The third-order valence-electron chi connectivity index (χ3n) is 9.26. The van der Waals surface area contributed by atoms with Gasteiger partial charge in [-0.25, -0.2) is 8.42 Å². The zero-order chi connectivity index (χ0) is 32.3. The first-order valence-corrected chi connectivity index (χ1v) is 17.8. The predicted molar refractivity (Wildman–Crippen MR) is 176 cm³/mol. The number of nitrogens with zero attached hydrogens (tertiary/aromatic N) is 3. The highest BCUT2D eigenvalue weighted by Gasteiger charge is 2.41. The molecule has 0 bridgehead atoms. The van der Waals surface area contributed by atoms with E-state index in [-0.39, 0.29) is 50.5 Å². The smallest absolute Gasteiger partial charge is 0.251 e. The Labute approximate surface area is 270 Å². The standard InChI is InChI=1S/C35H41N5O5S/c1-46(44,45)40-20-18-38(19-21-40)35(43)32(37-34(42)28-14-12-26(13-15-28)25-8-4-2-5-9-25)23-33(41)39-17-16-29(24-39)36-31-22-30(31)27-10-6-3-7-11-27/h2-15,29-32,36H,16-24H2,1H3,(H,37,42)/t29?,30-,31+,32-/m0/s1. The van der Waals surface area contributed by atoms with Crippen molar-refractivity contribution in [3.8, 4) is 11.1 Å². The van der Waals surface area contributed by atoms with E-state index in [2.05, 4.69) is 34.9 Å². The molecule has 3 amide bonds. The van der Waals surface area contributed by atoms with E-state index in [1.54, 1.807) is 21.9 Å². The van der Waals surface area contributed by atoms with E-state index < -0.39 is 22.0 Å². The van der Waals surface area contributed by atoms with Gasteiger partial charge in [0.05, 0.1) is 12.7 Å². The number of sulfonamides is 1. The van der Waals surface area contributed by atoms with Crippen LogP contribution in [0.25, 0.3) is 11.1 Å². The number of carbonyl (C=O) groups excluding carboxylic acids is 3. The molecule has 0 aromatic heterocycles. The summed E-state index contributed by atoms with van der Waals surface area (Å²) in [4.78, 5) is 44.1. The fourth-order valence-corrected chi connectivity index (χ4v) is 7.35. The molecule has 4 atom stereocenters. The van der Waals surface area contributed by atoms with Gasteiger partial charge in [0.2, 0.25) is 21.8 Å². The largest absolute Gasteiger partial charge is 0.341 e. The van der Waals surface area contributed by atoms with Crippen LogP contribution in [0.2, 0.25) is 0 Å². The van der Waals surface area contributed by atoms with E-state index in [1.165, 1.54) is 9.87 Å². The normalized spacial score (nSPS) is 22.3. The maximum absolute atomic E-state index is 13.8. The first kappa shape index (κ1) is 31.9. The van der Waals surface area contributed by atoms with E-state index >= 15 is 0 Å². The Hall–Kier alpha value is -4.06. The lowest BCUT2D eigenvalue weighted by Gasteiger charge is -2.35. The highest BCUT2D eigenvalue weighted by Crippen LogP contribution is 2.41. The summed E-state index contributed by atoms with van der Waals surface area (Å²) in [6.45, 7) is 1.87. The molecule has 2 saturated heterocycles. The molecule has 11 heteroatoms. The molecule has 10 nitrogen and oxygen atoms in total. The average Bonchev–Trinajstić information content (AvgIpc) is 3.68. The lowest BCUT2D eigenvalue weighted by atomic mass is 10.0. The monoisotopic (exact) mass is 643 g/mol. The Morgan fingerprint density at radius 2 is 1.43 bits per heavy atom. The minimum absolute atomic E-state index is 0.165. The molecule has 3 aromatic rings. The van der Waals surface area contributed by atoms with Gasteiger partial charge in [0.25, 0.3) is 5.91 Å². The summed E-state index contributed by atoms with van der Waals surface area (Å²) in [5, 5.41) is 6.55. The third kappa shape index (κ3) is 7.66. The van der Waals surface area contributed by atoms with Crippen LogP contribution in [-0.2, 0) is 19.6 Å². The number of carbonyl (C=O) groups is 3. The maximum Gasteiger partial charge on any atom is 0.251 e. The van der Waals surface area contributed by atoms with E-state index in [4.69, 9.17) is 0 Å². The van der Waals surface area contributed by atoms with Gasteiger partial charge in [-0.1, -0.05) is 72.8 Å². The number of rotatable bonds is 10. The summed E-state index contributed by atoms with van der Waals surface area (Å²) in [5.74, 6) is -0.517. The second-order valence-corrected chi connectivity index (χ2v) is 14.5. The van der Waals surface area contributed by atoms with Gasteiger partial charge < -0.3 is 20.4 Å². The minimum Gasteiger partial charge on any atom is -0.341 e. The fourth-order valence-electron chi connectivity index (χ4n) is 6.52. The summed E-state index contributed by atoms with van der Waals surface area (Å²) in [6.07, 6.45) is 2.89. The summed E-state index contributed by atoms with van der Waals surface area (Å²) in [5.41, 5.74) is 3.70. The number of nitrogens with one attached hydrogen (secondary N) is 2. The Morgan fingerprint density at radius 1 is 0.804 bits per heavy atom. The summed E-state index contributed by atoms with van der Waals surface area (Å²) in [7, 11) is -3.37. The van der Waals surface area contributed by atoms with Crippen molar-refractivity contribution in [3.05, 3.63) is 96.1 Å². The second-order valence-electron chi connectivity index (χ2n) is 12.5. The van der Waals surface area contributed by atoms with Crippen LogP contribution in [0.4, 0.5) is 0 Å². The van der Waals surface area contributed by atoms with E-state index in [0.29, 0.717) is 30.6 Å². The van der Waals surface area contributed by atoms with Gasteiger partial charge in [-0.2, -0.15) is 4.31 Å². The van der Waals surface area contributed by atoms with Crippen LogP contribution in [-0.4, -0.2) is 104 Å². The quantitative estimate of drug-likeness (QED) is 0.351. The molecule has 2 N–H and O–H groups in total. The number of piperazine rings is 1. The molecule has 3 aromatic carbocycles. The third-order valence-corrected chi connectivity index (χ3v) is 10.6. The van der Waals surface area contributed by atoms with E-state index in [0.717, 1.165) is 30.2 Å². The van der Waals surface area contributed by atoms with Crippen molar-refractivity contribution in [1.82, 2.24) is 24.7 Å². The first-order chi connectivity index (χ1) is 22.2. The maximum atomic E-state index is 13.8. The molecule has 1 aliphatic carbocycles. The number of hydrogen-bond acceptors (Lipinski definition) is 6. The van der Waals surface area contributed by atoms with Gasteiger partial charge in [0, 0.05) is 62.8 Å². The topological polar surface area (TPSA) is 119 Å². The van der Waals surface area contributed by atoms with Crippen molar-refractivity contribution >= 4 is 27.7 Å². The highest BCUT2D eigenvalue weighted by molar-refractivity contribution is 7.88. The van der Waals surface area contributed by atoms with Crippen molar-refractivity contribution in [2.45, 2.75) is 43.3 Å². The molecule has 3 fully saturated rings. The van der Waals surface area contributed by atoms with Crippen molar-refractivity contribution in [2.24, 2.45) is 0 Å². The zero-order valence-corrected chi connectivity index (χ0v) is 26.9. The van der Waals surface area contributed by atoms with Crippen LogP contribution in [0.1, 0.15) is 41.1 Å². The number of amides is 3. The van der Waals surface area contributed by atoms with Crippen molar-refractivity contribution < 1.29 is 22.8 Å². The highest BCUT2D eigenvalue weighted by atomic mass is 32.2. The minimum atomic E-state index is -3.37. The van der Waals surface area contributed by atoms with Gasteiger partial charge in [0.1, 0.15) is 6.04 Å².